The van der Waals surface area contributed by atoms with Crippen LogP contribution >= 0.6 is 0 Å². The van der Waals surface area contributed by atoms with Crippen molar-refractivity contribution in [2.24, 2.45) is 11.8 Å². The van der Waals surface area contributed by atoms with E-state index in [9.17, 15) is 9.59 Å². The van der Waals surface area contributed by atoms with Crippen molar-refractivity contribution in [3.05, 3.63) is 65.7 Å². The lowest BCUT2D eigenvalue weighted by molar-refractivity contribution is 0.0780. The molecule has 0 spiro atoms. The molecule has 3 heteroatoms. The van der Waals surface area contributed by atoms with Crippen molar-refractivity contribution >= 4 is 11.6 Å². The average molecular weight is 367 g/mol. The summed E-state index contributed by atoms with van der Waals surface area (Å²) < 4.78 is 5.17. The number of carbonyl (C=O) groups is 2. The van der Waals surface area contributed by atoms with E-state index in [0.29, 0.717) is 29.2 Å². The van der Waals surface area contributed by atoms with Gasteiger partial charge in [0.25, 0.3) is 0 Å². The molecule has 0 aliphatic heterocycles. The molecule has 0 radical (unpaired) electrons. The van der Waals surface area contributed by atoms with Crippen molar-refractivity contribution in [1.29, 1.82) is 0 Å². The molecule has 0 N–H and O–H groups in total. The number of carbonyl (C=O) groups excluding carboxylic acids is 2. The number of hydrogen-bond acceptors (Lipinski definition) is 3. The van der Waals surface area contributed by atoms with Crippen LogP contribution in [0.25, 0.3) is 0 Å². The van der Waals surface area contributed by atoms with Crippen LogP contribution in [0.3, 0.4) is 0 Å². The van der Waals surface area contributed by atoms with Crippen LogP contribution in [0.4, 0.5) is 0 Å². The number of hydrogen-bond donors (Lipinski definition) is 0. The van der Waals surface area contributed by atoms with E-state index in [1.54, 1.807) is 43.5 Å². The zero-order valence-electron chi connectivity index (χ0n) is 16.6. The summed E-state index contributed by atoms with van der Waals surface area (Å²) in [6, 6.07) is 16.2. The summed E-state index contributed by atoms with van der Waals surface area (Å²) >= 11 is 0. The molecular weight excluding hydrogens is 336 g/mol. The highest BCUT2D eigenvalue weighted by Gasteiger charge is 2.30. The van der Waals surface area contributed by atoms with Gasteiger partial charge in [-0.15, -0.1) is 0 Å². The SMILES string of the molecule is CCCCC(CC)CC(C(=O)c1ccccc1)C(=O)c1ccc(OC)cc1. The third kappa shape index (κ3) is 5.78. The molecule has 2 rings (SSSR count). The second kappa shape index (κ2) is 10.7. The minimum atomic E-state index is -0.636. The summed E-state index contributed by atoms with van der Waals surface area (Å²) in [4.78, 5) is 26.4. The maximum absolute atomic E-state index is 13.2. The number of benzene rings is 2. The third-order valence-corrected chi connectivity index (χ3v) is 5.18. The predicted molar refractivity (Wildman–Crippen MR) is 110 cm³/mol. The smallest absolute Gasteiger partial charge is 0.173 e. The molecule has 3 nitrogen and oxygen atoms in total. The van der Waals surface area contributed by atoms with Crippen LogP contribution < -0.4 is 4.74 Å². The lowest BCUT2D eigenvalue weighted by atomic mass is 9.80. The molecule has 0 aliphatic rings. The van der Waals surface area contributed by atoms with Crippen LogP contribution in [0, 0.1) is 11.8 Å². The van der Waals surface area contributed by atoms with Gasteiger partial charge in [0.2, 0.25) is 0 Å². The first-order valence-electron chi connectivity index (χ1n) is 9.88. The van der Waals surface area contributed by atoms with E-state index in [1.807, 2.05) is 18.2 Å². The second-order valence-corrected chi connectivity index (χ2v) is 7.03. The number of ketones is 2. The van der Waals surface area contributed by atoms with E-state index in [-0.39, 0.29) is 11.6 Å². The topological polar surface area (TPSA) is 43.4 Å². The minimum absolute atomic E-state index is 0.0774. The quantitative estimate of drug-likeness (QED) is 0.363. The van der Waals surface area contributed by atoms with Crippen molar-refractivity contribution in [1.82, 2.24) is 0 Å². The summed E-state index contributed by atoms with van der Waals surface area (Å²) in [6.45, 7) is 4.31. The summed E-state index contributed by atoms with van der Waals surface area (Å²) in [6.07, 6.45) is 4.90. The Balaban J connectivity index is 2.29. The average Bonchev–Trinajstić information content (AvgIpc) is 2.74. The van der Waals surface area contributed by atoms with Crippen LogP contribution in [0.5, 0.6) is 5.75 Å². The normalized spacial score (nSPS) is 13.0. The summed E-state index contributed by atoms with van der Waals surface area (Å²) in [5.74, 6) is 0.270. The van der Waals surface area contributed by atoms with Crippen molar-refractivity contribution in [3.8, 4) is 5.75 Å². The molecule has 0 aliphatic carbocycles. The molecule has 0 heterocycles. The van der Waals surface area contributed by atoms with Crippen LogP contribution in [0.15, 0.2) is 54.6 Å². The summed E-state index contributed by atoms with van der Waals surface area (Å²) in [5, 5.41) is 0. The molecule has 0 saturated carbocycles. The van der Waals surface area contributed by atoms with E-state index in [1.165, 1.54) is 0 Å². The van der Waals surface area contributed by atoms with Crippen LogP contribution in [0.1, 0.15) is 66.7 Å². The largest absolute Gasteiger partial charge is 0.497 e. The van der Waals surface area contributed by atoms with Gasteiger partial charge in [0, 0.05) is 11.1 Å². The van der Waals surface area contributed by atoms with Gasteiger partial charge in [0.1, 0.15) is 5.75 Å². The van der Waals surface area contributed by atoms with Gasteiger partial charge in [-0.3, -0.25) is 9.59 Å². The highest BCUT2D eigenvalue weighted by Crippen LogP contribution is 2.27. The molecule has 2 aromatic rings. The highest BCUT2D eigenvalue weighted by molar-refractivity contribution is 6.16. The maximum Gasteiger partial charge on any atom is 0.173 e. The molecule has 2 unspecified atom stereocenters. The van der Waals surface area contributed by atoms with Crippen molar-refractivity contribution < 1.29 is 14.3 Å². The standard InChI is InChI=1S/C24H30O3/c1-4-6-10-18(5-2)17-22(23(25)19-11-8-7-9-12-19)24(26)20-13-15-21(27-3)16-14-20/h7-9,11-16,18,22H,4-6,10,17H2,1-3H3. The number of methoxy groups -OCH3 is 1. The lowest BCUT2D eigenvalue weighted by Crippen LogP contribution is -2.27. The molecule has 0 saturated heterocycles. The summed E-state index contributed by atoms with van der Waals surface area (Å²) in [7, 11) is 1.60. The number of ether oxygens (including phenoxy) is 1. The Morgan fingerprint density at radius 3 is 2.00 bits per heavy atom. The minimum Gasteiger partial charge on any atom is -0.497 e. The lowest BCUT2D eigenvalue weighted by Gasteiger charge is -2.21. The fourth-order valence-corrected chi connectivity index (χ4v) is 3.41. The van der Waals surface area contributed by atoms with Crippen LogP contribution in [-0.4, -0.2) is 18.7 Å². The van der Waals surface area contributed by atoms with Gasteiger partial charge < -0.3 is 4.74 Å². The van der Waals surface area contributed by atoms with E-state index >= 15 is 0 Å². The van der Waals surface area contributed by atoms with E-state index in [0.717, 1.165) is 25.7 Å². The van der Waals surface area contributed by atoms with Gasteiger partial charge in [-0.25, -0.2) is 0 Å². The zero-order valence-corrected chi connectivity index (χ0v) is 16.6. The highest BCUT2D eigenvalue weighted by atomic mass is 16.5. The second-order valence-electron chi connectivity index (χ2n) is 7.03. The number of unbranched alkanes of at least 4 members (excludes halogenated alkanes) is 1. The number of rotatable bonds is 11. The molecule has 2 aromatic carbocycles. The number of Topliss-reactive ketones (excluding diaryl/α,β-unsaturated/α-hetero) is 2. The Kier molecular flexibility index (Phi) is 8.25. The van der Waals surface area contributed by atoms with Gasteiger partial charge in [-0.2, -0.15) is 0 Å². The van der Waals surface area contributed by atoms with Crippen LogP contribution in [-0.2, 0) is 0 Å². The van der Waals surface area contributed by atoms with Gasteiger partial charge >= 0.3 is 0 Å². The van der Waals surface area contributed by atoms with Gasteiger partial charge in [0.05, 0.1) is 13.0 Å². The molecular formula is C24H30O3. The first-order valence-corrected chi connectivity index (χ1v) is 9.88. The molecule has 0 fully saturated rings. The Labute approximate surface area is 162 Å². The predicted octanol–water partition coefficient (Wildman–Crippen LogP) is 5.98. The van der Waals surface area contributed by atoms with E-state index in [4.69, 9.17) is 4.74 Å². The Morgan fingerprint density at radius 1 is 0.889 bits per heavy atom. The zero-order chi connectivity index (χ0) is 19.6. The first-order chi connectivity index (χ1) is 13.1. The summed E-state index contributed by atoms with van der Waals surface area (Å²) in [5.41, 5.74) is 1.17. The van der Waals surface area contributed by atoms with Crippen molar-refractivity contribution in [3.63, 3.8) is 0 Å². The van der Waals surface area contributed by atoms with Gasteiger partial charge in [-0.1, -0.05) is 69.9 Å². The van der Waals surface area contributed by atoms with E-state index in [2.05, 4.69) is 13.8 Å². The molecule has 2 atom stereocenters. The van der Waals surface area contributed by atoms with Crippen molar-refractivity contribution in [2.75, 3.05) is 7.11 Å². The maximum atomic E-state index is 13.2. The Hall–Kier alpha value is -2.42. The third-order valence-electron chi connectivity index (χ3n) is 5.18. The first kappa shape index (κ1) is 20.9. The fourth-order valence-electron chi connectivity index (χ4n) is 3.41. The van der Waals surface area contributed by atoms with Crippen molar-refractivity contribution in [2.45, 2.75) is 46.0 Å². The molecule has 0 bridgehead atoms. The Morgan fingerprint density at radius 2 is 1.48 bits per heavy atom. The van der Waals surface area contributed by atoms with E-state index < -0.39 is 5.92 Å². The van der Waals surface area contributed by atoms with Gasteiger partial charge in [-0.05, 0) is 36.6 Å². The fraction of sp³-hybridized carbons (Fsp3) is 0.417. The molecule has 0 amide bonds. The monoisotopic (exact) mass is 366 g/mol. The molecule has 0 aromatic heterocycles. The Bertz CT molecular complexity index is 719. The van der Waals surface area contributed by atoms with Gasteiger partial charge in [0.15, 0.2) is 11.6 Å². The molecule has 27 heavy (non-hydrogen) atoms. The molecule has 144 valence electrons. The van der Waals surface area contributed by atoms with Crippen LogP contribution in [0.2, 0.25) is 0 Å².